The molecule has 0 amide bonds. The van der Waals surface area contributed by atoms with E-state index in [1.54, 1.807) is 32.2 Å². The summed E-state index contributed by atoms with van der Waals surface area (Å²) in [5.41, 5.74) is -0.381. The molecule has 2 heterocycles. The number of benzene rings is 1. The Morgan fingerprint density at radius 1 is 1.25 bits per heavy atom. The maximum Gasteiger partial charge on any atom is 0.268 e. The number of ether oxygens (including phenoxy) is 2. The molecule has 7 heteroatoms. The molecular formula is C17H18N2O5. The first-order chi connectivity index (χ1) is 11.6. The van der Waals surface area contributed by atoms with Crippen molar-refractivity contribution in [3.05, 3.63) is 44.6 Å². The summed E-state index contributed by atoms with van der Waals surface area (Å²) in [6.45, 7) is 2.67. The molecule has 126 valence electrons. The Balaban J connectivity index is 2.27. The van der Waals surface area contributed by atoms with Crippen LogP contribution < -0.4 is 15.7 Å². The lowest BCUT2D eigenvalue weighted by Crippen LogP contribution is -2.28. The molecule has 0 aliphatic heterocycles. The molecule has 0 unspecified atom stereocenters. The molecule has 0 N–H and O–H groups in total. The molecular weight excluding hydrogens is 312 g/mol. The second-order valence-electron chi connectivity index (χ2n) is 5.44. The Morgan fingerprint density at radius 2 is 2.04 bits per heavy atom. The summed E-state index contributed by atoms with van der Waals surface area (Å²) in [5.74, 6) is 1.06. The van der Waals surface area contributed by atoms with Crippen molar-refractivity contribution < 1.29 is 13.9 Å². The van der Waals surface area contributed by atoms with Crippen LogP contribution in [0.25, 0.3) is 22.1 Å². The van der Waals surface area contributed by atoms with Crippen LogP contribution in [0.2, 0.25) is 0 Å². The standard InChI is InChI=1S/C17H18N2O5/c1-10-18-16-14(17(21)19(10)7-4-8-22-2)15(20)12-6-5-11(23-3)9-13(12)24-16/h5-6,9H,4,7-8H2,1-3H3. The normalized spacial score (nSPS) is 11.3. The number of aryl methyl sites for hydroxylation is 1. The zero-order valence-corrected chi connectivity index (χ0v) is 13.8. The van der Waals surface area contributed by atoms with E-state index in [-0.39, 0.29) is 22.1 Å². The van der Waals surface area contributed by atoms with Crippen molar-refractivity contribution >= 4 is 22.1 Å². The summed E-state index contributed by atoms with van der Waals surface area (Å²) in [6, 6.07) is 4.86. The van der Waals surface area contributed by atoms with Crippen LogP contribution in [-0.4, -0.2) is 30.4 Å². The monoisotopic (exact) mass is 330 g/mol. The first-order valence-electron chi connectivity index (χ1n) is 7.57. The van der Waals surface area contributed by atoms with Gasteiger partial charge in [0.25, 0.3) is 5.56 Å². The number of methoxy groups -OCH3 is 2. The maximum atomic E-state index is 12.7. The number of hydrogen-bond donors (Lipinski definition) is 0. The lowest BCUT2D eigenvalue weighted by Gasteiger charge is -2.10. The molecule has 0 aliphatic rings. The van der Waals surface area contributed by atoms with Crippen LogP contribution in [0.15, 0.2) is 32.2 Å². The van der Waals surface area contributed by atoms with Gasteiger partial charge in [0.05, 0.1) is 12.5 Å². The highest BCUT2D eigenvalue weighted by atomic mass is 16.5. The summed E-state index contributed by atoms with van der Waals surface area (Å²) < 4.78 is 17.3. The molecule has 0 saturated heterocycles. The van der Waals surface area contributed by atoms with E-state index in [0.717, 1.165) is 0 Å². The van der Waals surface area contributed by atoms with E-state index in [1.165, 1.54) is 11.7 Å². The summed E-state index contributed by atoms with van der Waals surface area (Å²) in [6.07, 6.45) is 0.653. The van der Waals surface area contributed by atoms with Crippen molar-refractivity contribution in [2.75, 3.05) is 20.8 Å². The van der Waals surface area contributed by atoms with E-state index in [1.807, 2.05) is 0 Å². The van der Waals surface area contributed by atoms with Gasteiger partial charge in [-0.15, -0.1) is 0 Å². The molecule has 0 fully saturated rings. The molecule has 1 aromatic carbocycles. The van der Waals surface area contributed by atoms with Gasteiger partial charge in [-0.05, 0) is 25.5 Å². The molecule has 0 aliphatic carbocycles. The van der Waals surface area contributed by atoms with Crippen molar-refractivity contribution in [3.8, 4) is 5.75 Å². The zero-order valence-electron chi connectivity index (χ0n) is 13.8. The number of rotatable bonds is 5. The molecule has 2 aromatic heterocycles. The van der Waals surface area contributed by atoms with Crippen molar-refractivity contribution in [3.63, 3.8) is 0 Å². The minimum atomic E-state index is -0.389. The molecule has 7 nitrogen and oxygen atoms in total. The zero-order chi connectivity index (χ0) is 17.3. The van der Waals surface area contributed by atoms with Gasteiger partial charge in [0, 0.05) is 26.3 Å². The summed E-state index contributed by atoms with van der Waals surface area (Å²) in [7, 11) is 3.13. The Hall–Kier alpha value is -2.67. The van der Waals surface area contributed by atoms with E-state index in [2.05, 4.69) is 4.98 Å². The fraction of sp³-hybridized carbons (Fsp3) is 0.353. The van der Waals surface area contributed by atoms with Gasteiger partial charge in [-0.25, -0.2) is 0 Å². The largest absolute Gasteiger partial charge is 0.497 e. The quantitative estimate of drug-likeness (QED) is 0.524. The Kier molecular flexibility index (Phi) is 4.35. The van der Waals surface area contributed by atoms with Gasteiger partial charge in [0.1, 0.15) is 17.2 Å². The molecule has 3 rings (SSSR count). The molecule has 0 bridgehead atoms. The van der Waals surface area contributed by atoms with Gasteiger partial charge >= 0.3 is 0 Å². The molecule has 0 atom stereocenters. The fourth-order valence-electron chi connectivity index (χ4n) is 2.68. The molecule has 0 saturated carbocycles. The second-order valence-corrected chi connectivity index (χ2v) is 5.44. The highest BCUT2D eigenvalue weighted by Gasteiger charge is 2.16. The van der Waals surface area contributed by atoms with E-state index in [4.69, 9.17) is 13.9 Å². The van der Waals surface area contributed by atoms with Crippen LogP contribution in [0.4, 0.5) is 0 Å². The molecule has 0 spiro atoms. The first kappa shape index (κ1) is 16.2. The van der Waals surface area contributed by atoms with Crippen LogP contribution in [0, 0.1) is 6.92 Å². The number of nitrogens with zero attached hydrogens (tertiary/aromatic N) is 2. The lowest BCUT2D eigenvalue weighted by atomic mass is 10.2. The van der Waals surface area contributed by atoms with Crippen LogP contribution in [0.1, 0.15) is 12.2 Å². The average molecular weight is 330 g/mol. The van der Waals surface area contributed by atoms with Gasteiger partial charge in [-0.3, -0.25) is 14.2 Å². The SMILES string of the molecule is COCCCn1c(C)nc2oc3cc(OC)ccc3c(=O)c2c1=O. The van der Waals surface area contributed by atoms with Crippen LogP contribution in [-0.2, 0) is 11.3 Å². The van der Waals surface area contributed by atoms with Gasteiger partial charge in [-0.2, -0.15) is 4.98 Å². The van der Waals surface area contributed by atoms with Crippen LogP contribution >= 0.6 is 0 Å². The smallest absolute Gasteiger partial charge is 0.268 e. The molecule has 24 heavy (non-hydrogen) atoms. The van der Waals surface area contributed by atoms with Crippen molar-refractivity contribution in [2.24, 2.45) is 0 Å². The minimum absolute atomic E-state index is 0.0318. The van der Waals surface area contributed by atoms with Crippen molar-refractivity contribution in [1.82, 2.24) is 9.55 Å². The number of hydrogen-bond acceptors (Lipinski definition) is 6. The van der Waals surface area contributed by atoms with Crippen LogP contribution in [0.3, 0.4) is 0 Å². The third-order valence-corrected chi connectivity index (χ3v) is 3.92. The summed E-state index contributed by atoms with van der Waals surface area (Å²) in [4.78, 5) is 29.7. The number of aromatic nitrogens is 2. The second kappa shape index (κ2) is 6.45. The Labute approximate surface area is 137 Å². The van der Waals surface area contributed by atoms with Crippen LogP contribution in [0.5, 0.6) is 5.75 Å². The van der Waals surface area contributed by atoms with E-state index >= 15 is 0 Å². The van der Waals surface area contributed by atoms with Gasteiger partial charge in [0.2, 0.25) is 11.1 Å². The van der Waals surface area contributed by atoms with E-state index < -0.39 is 0 Å². The van der Waals surface area contributed by atoms with Crippen molar-refractivity contribution in [2.45, 2.75) is 19.9 Å². The molecule has 3 aromatic rings. The highest BCUT2D eigenvalue weighted by molar-refractivity contribution is 5.88. The third-order valence-electron chi connectivity index (χ3n) is 3.92. The minimum Gasteiger partial charge on any atom is -0.497 e. The summed E-state index contributed by atoms with van der Waals surface area (Å²) in [5, 5.41) is 0.296. The predicted molar refractivity (Wildman–Crippen MR) is 89.8 cm³/mol. The predicted octanol–water partition coefficient (Wildman–Crippen LogP) is 1.86. The van der Waals surface area contributed by atoms with Gasteiger partial charge < -0.3 is 13.9 Å². The first-order valence-corrected chi connectivity index (χ1v) is 7.57. The summed E-state index contributed by atoms with van der Waals surface area (Å²) >= 11 is 0. The fourth-order valence-corrected chi connectivity index (χ4v) is 2.68. The van der Waals surface area contributed by atoms with Gasteiger partial charge in [-0.1, -0.05) is 0 Å². The lowest BCUT2D eigenvalue weighted by molar-refractivity contribution is 0.189. The van der Waals surface area contributed by atoms with E-state index in [9.17, 15) is 9.59 Å². The average Bonchev–Trinajstić information content (AvgIpc) is 2.57. The Morgan fingerprint density at radius 3 is 2.75 bits per heavy atom. The topological polar surface area (TPSA) is 83.6 Å². The third kappa shape index (κ3) is 2.67. The van der Waals surface area contributed by atoms with E-state index in [0.29, 0.717) is 42.1 Å². The van der Waals surface area contributed by atoms with Gasteiger partial charge in [0.15, 0.2) is 5.39 Å². The molecule has 0 radical (unpaired) electrons. The number of fused-ring (bicyclic) bond motifs is 2. The maximum absolute atomic E-state index is 12.7. The van der Waals surface area contributed by atoms with Crippen molar-refractivity contribution in [1.29, 1.82) is 0 Å². The highest BCUT2D eigenvalue weighted by Crippen LogP contribution is 2.21. The Bertz CT molecular complexity index is 1020.